The lowest BCUT2D eigenvalue weighted by Crippen LogP contribution is -2.34. The van der Waals surface area contributed by atoms with Gasteiger partial charge in [0, 0.05) is 6.04 Å². The maximum atomic E-state index is 12.8. The lowest BCUT2D eigenvalue weighted by atomic mass is 9.76. The van der Waals surface area contributed by atoms with Crippen molar-refractivity contribution in [2.24, 2.45) is 0 Å². The second-order valence-electron chi connectivity index (χ2n) is 4.93. The van der Waals surface area contributed by atoms with Crippen LogP contribution in [0.25, 0.3) is 0 Å². The number of nitrogens with zero attached hydrogens (tertiary/aromatic N) is 1. The van der Waals surface area contributed by atoms with Gasteiger partial charge >= 0.3 is 0 Å². The van der Waals surface area contributed by atoms with E-state index in [1.165, 1.54) is 30.0 Å². The molecule has 1 fully saturated rings. The Morgan fingerprint density at radius 3 is 2.37 bits per heavy atom. The number of pyridine rings is 1. The van der Waals surface area contributed by atoms with Gasteiger partial charge in [0.05, 0.1) is 11.9 Å². The Labute approximate surface area is 110 Å². The van der Waals surface area contributed by atoms with Crippen LogP contribution in [0.15, 0.2) is 42.6 Å². The summed E-state index contributed by atoms with van der Waals surface area (Å²) < 4.78 is 25.5. The van der Waals surface area contributed by atoms with Gasteiger partial charge in [-0.15, -0.1) is 0 Å². The molecular weight excluding hydrogens is 246 g/mol. The molecule has 19 heavy (non-hydrogen) atoms. The maximum Gasteiger partial charge on any atom is 0.212 e. The van der Waals surface area contributed by atoms with E-state index in [-0.39, 0.29) is 5.82 Å². The van der Waals surface area contributed by atoms with E-state index in [1.54, 1.807) is 6.07 Å². The van der Waals surface area contributed by atoms with Crippen LogP contribution >= 0.6 is 0 Å². The molecule has 1 N–H and O–H groups in total. The number of hydrogen-bond acceptors (Lipinski definition) is 2. The Bertz CT molecular complexity index is 545. The zero-order valence-corrected chi connectivity index (χ0v) is 10.3. The summed E-state index contributed by atoms with van der Waals surface area (Å²) in [6.07, 6.45) is 3.51. The summed E-state index contributed by atoms with van der Waals surface area (Å²) in [5, 5.41) is 3.31. The van der Waals surface area contributed by atoms with Crippen LogP contribution in [0.2, 0.25) is 0 Å². The monoisotopic (exact) mass is 260 g/mol. The summed E-state index contributed by atoms with van der Waals surface area (Å²) in [5.74, 6) is -0.190. The maximum absolute atomic E-state index is 12.8. The molecule has 98 valence electrons. The van der Waals surface area contributed by atoms with Crippen LogP contribution in [0.5, 0.6) is 0 Å². The standard InChI is InChI=1S/C15H14F2N2/c16-12-3-1-10(2-4-12)11-7-14(8-11)19-13-5-6-15(17)18-9-13/h1-6,9,11,14,19H,7-8H2. The molecule has 0 amide bonds. The van der Waals surface area contributed by atoms with Crippen LogP contribution in [0.3, 0.4) is 0 Å². The SMILES string of the molecule is Fc1ccc(C2CC(Nc3ccc(F)nc3)C2)cc1. The number of nitrogens with one attached hydrogen (secondary N) is 1. The minimum atomic E-state index is -0.469. The van der Waals surface area contributed by atoms with E-state index in [4.69, 9.17) is 0 Å². The largest absolute Gasteiger partial charge is 0.381 e. The van der Waals surface area contributed by atoms with Crippen LogP contribution in [0.1, 0.15) is 24.3 Å². The van der Waals surface area contributed by atoms with Crippen LogP contribution < -0.4 is 5.32 Å². The van der Waals surface area contributed by atoms with Crippen molar-refractivity contribution in [3.8, 4) is 0 Å². The Morgan fingerprint density at radius 2 is 1.74 bits per heavy atom. The third-order valence-electron chi connectivity index (χ3n) is 3.58. The molecule has 1 aliphatic rings. The molecule has 1 aromatic carbocycles. The van der Waals surface area contributed by atoms with Gasteiger partial charge in [-0.2, -0.15) is 4.39 Å². The molecule has 3 rings (SSSR count). The molecule has 1 aromatic heterocycles. The Balaban J connectivity index is 1.55. The minimum absolute atomic E-state index is 0.199. The van der Waals surface area contributed by atoms with Crippen molar-refractivity contribution in [3.05, 3.63) is 59.9 Å². The lowest BCUT2D eigenvalue weighted by Gasteiger charge is -2.36. The van der Waals surface area contributed by atoms with Gasteiger partial charge in [-0.25, -0.2) is 9.37 Å². The van der Waals surface area contributed by atoms with Crippen molar-refractivity contribution in [2.45, 2.75) is 24.8 Å². The van der Waals surface area contributed by atoms with E-state index in [0.717, 1.165) is 18.5 Å². The van der Waals surface area contributed by atoms with Crippen molar-refractivity contribution in [1.82, 2.24) is 4.98 Å². The average Bonchev–Trinajstić information content (AvgIpc) is 2.37. The van der Waals surface area contributed by atoms with Crippen molar-refractivity contribution in [2.75, 3.05) is 5.32 Å². The van der Waals surface area contributed by atoms with Crippen LogP contribution in [-0.2, 0) is 0 Å². The van der Waals surface area contributed by atoms with Gasteiger partial charge in [0.25, 0.3) is 0 Å². The molecule has 0 bridgehead atoms. The topological polar surface area (TPSA) is 24.9 Å². The molecule has 4 heteroatoms. The van der Waals surface area contributed by atoms with Gasteiger partial charge in [0.1, 0.15) is 5.82 Å². The first-order valence-corrected chi connectivity index (χ1v) is 6.34. The second kappa shape index (κ2) is 4.96. The highest BCUT2D eigenvalue weighted by atomic mass is 19.1. The van der Waals surface area contributed by atoms with Gasteiger partial charge in [0.15, 0.2) is 0 Å². The van der Waals surface area contributed by atoms with E-state index in [9.17, 15) is 8.78 Å². The summed E-state index contributed by atoms with van der Waals surface area (Å²) in [4.78, 5) is 3.61. The highest BCUT2D eigenvalue weighted by Gasteiger charge is 2.30. The zero-order chi connectivity index (χ0) is 13.2. The lowest BCUT2D eigenvalue weighted by molar-refractivity contribution is 0.373. The quantitative estimate of drug-likeness (QED) is 0.851. The fraction of sp³-hybridized carbons (Fsp3) is 0.267. The van der Waals surface area contributed by atoms with Gasteiger partial charge in [-0.05, 0) is 48.6 Å². The van der Waals surface area contributed by atoms with Crippen LogP contribution in [0, 0.1) is 11.8 Å². The number of rotatable bonds is 3. The van der Waals surface area contributed by atoms with Gasteiger partial charge in [-0.3, -0.25) is 0 Å². The Morgan fingerprint density at radius 1 is 1.00 bits per heavy atom. The molecule has 1 saturated carbocycles. The van der Waals surface area contributed by atoms with Gasteiger partial charge in [0.2, 0.25) is 5.95 Å². The molecule has 0 aliphatic heterocycles. The molecule has 0 radical (unpaired) electrons. The smallest absolute Gasteiger partial charge is 0.212 e. The summed E-state index contributed by atoms with van der Waals surface area (Å²) in [6, 6.07) is 10.1. The Kier molecular flexibility index (Phi) is 3.15. The first kappa shape index (κ1) is 12.1. The summed E-state index contributed by atoms with van der Waals surface area (Å²) in [7, 11) is 0. The Hall–Kier alpha value is -1.97. The number of aromatic nitrogens is 1. The van der Waals surface area contributed by atoms with Crippen molar-refractivity contribution in [3.63, 3.8) is 0 Å². The second-order valence-corrected chi connectivity index (χ2v) is 4.93. The average molecular weight is 260 g/mol. The molecule has 0 saturated heterocycles. The first-order chi connectivity index (χ1) is 9.20. The molecule has 1 heterocycles. The fourth-order valence-corrected chi connectivity index (χ4v) is 2.44. The molecule has 0 atom stereocenters. The first-order valence-electron chi connectivity index (χ1n) is 6.34. The summed E-state index contributed by atoms with van der Waals surface area (Å²) in [5.41, 5.74) is 2.01. The zero-order valence-electron chi connectivity index (χ0n) is 10.3. The third kappa shape index (κ3) is 2.72. The van der Waals surface area contributed by atoms with Crippen LogP contribution in [-0.4, -0.2) is 11.0 Å². The number of halogens is 2. The van der Waals surface area contributed by atoms with Crippen molar-refractivity contribution >= 4 is 5.69 Å². The molecular formula is C15H14F2N2. The predicted molar refractivity (Wildman–Crippen MR) is 70.0 cm³/mol. The van der Waals surface area contributed by atoms with E-state index in [2.05, 4.69) is 10.3 Å². The molecule has 2 nitrogen and oxygen atoms in total. The normalized spacial score (nSPS) is 21.8. The fourth-order valence-electron chi connectivity index (χ4n) is 2.44. The molecule has 0 unspecified atom stereocenters. The van der Waals surface area contributed by atoms with E-state index < -0.39 is 5.95 Å². The van der Waals surface area contributed by atoms with Crippen LogP contribution in [0.4, 0.5) is 14.5 Å². The minimum Gasteiger partial charge on any atom is -0.381 e. The highest BCUT2D eigenvalue weighted by molar-refractivity contribution is 5.42. The highest BCUT2D eigenvalue weighted by Crippen LogP contribution is 2.38. The predicted octanol–water partition coefficient (Wildman–Crippen LogP) is 3.72. The van der Waals surface area contributed by atoms with Gasteiger partial charge in [-0.1, -0.05) is 12.1 Å². The number of hydrogen-bond donors (Lipinski definition) is 1. The van der Waals surface area contributed by atoms with E-state index >= 15 is 0 Å². The van der Waals surface area contributed by atoms with Gasteiger partial charge < -0.3 is 5.32 Å². The number of anilines is 1. The van der Waals surface area contributed by atoms with Crippen molar-refractivity contribution < 1.29 is 8.78 Å². The molecule has 2 aromatic rings. The third-order valence-corrected chi connectivity index (χ3v) is 3.58. The van der Waals surface area contributed by atoms with Crippen molar-refractivity contribution in [1.29, 1.82) is 0 Å². The number of benzene rings is 1. The van der Waals surface area contributed by atoms with E-state index in [0.29, 0.717) is 12.0 Å². The van der Waals surface area contributed by atoms with E-state index in [1.807, 2.05) is 12.1 Å². The molecule has 1 aliphatic carbocycles. The summed E-state index contributed by atoms with van der Waals surface area (Å²) >= 11 is 0. The summed E-state index contributed by atoms with van der Waals surface area (Å²) in [6.45, 7) is 0. The molecule has 0 spiro atoms.